The maximum Gasteiger partial charge on any atom is 0.276 e. The minimum absolute atomic E-state index is 0.0429. The minimum Gasteiger partial charge on any atom is -0.392 e. The van der Waals surface area contributed by atoms with Crippen LogP contribution in [-0.2, 0) is 20.9 Å². The Bertz CT molecular complexity index is 1410. The summed E-state index contributed by atoms with van der Waals surface area (Å²) in [6.07, 6.45) is -0.516. The molecular weight excluding hydrogens is 619 g/mol. The summed E-state index contributed by atoms with van der Waals surface area (Å²) in [7, 11) is 0. The first-order chi connectivity index (χ1) is 20.6. The van der Waals surface area contributed by atoms with Crippen LogP contribution in [0.25, 0.3) is 0 Å². The number of amides is 1. The standard InChI is InChI=1S/C30H31Cl3N4O6/c31-30(32,33)29(39)34-23-3-1-2-22(16-23)28-42-26(17-27(43-28)21-6-4-20(19-38)5-7-21)18-35-12-14-36(15-13-35)24-8-10-25(11-9-24)37(40)41/h1-11,16,26-28,38H,12-15,17-19H2,(H,34,39)/t26-,27+,28+/m0/s1. The highest BCUT2D eigenvalue weighted by Crippen LogP contribution is 2.39. The summed E-state index contributed by atoms with van der Waals surface area (Å²) in [5.74, 6) is -0.771. The number of nitro groups is 1. The molecule has 13 heteroatoms. The second-order valence-electron chi connectivity index (χ2n) is 10.5. The van der Waals surface area contributed by atoms with Crippen molar-refractivity contribution in [1.82, 2.24) is 4.90 Å². The number of piperazine rings is 1. The van der Waals surface area contributed by atoms with E-state index in [1.54, 1.807) is 30.3 Å². The van der Waals surface area contributed by atoms with E-state index in [1.807, 2.05) is 30.3 Å². The molecule has 2 heterocycles. The maximum atomic E-state index is 12.2. The van der Waals surface area contributed by atoms with Gasteiger partial charge in [-0.25, -0.2) is 0 Å². The van der Waals surface area contributed by atoms with E-state index in [1.165, 1.54) is 12.1 Å². The molecule has 2 N–H and O–H groups in total. The van der Waals surface area contributed by atoms with E-state index in [0.29, 0.717) is 24.2 Å². The number of carbonyl (C=O) groups excluding carboxylic acids is 1. The lowest BCUT2D eigenvalue weighted by Gasteiger charge is -2.41. The molecule has 0 aromatic heterocycles. The molecule has 0 aliphatic carbocycles. The number of hydrogen-bond acceptors (Lipinski definition) is 8. The van der Waals surface area contributed by atoms with Gasteiger partial charge in [0.05, 0.1) is 23.7 Å². The molecule has 228 valence electrons. The number of nitrogens with zero attached hydrogens (tertiary/aromatic N) is 3. The number of aliphatic hydroxyl groups is 1. The highest BCUT2D eigenvalue weighted by molar-refractivity contribution is 6.76. The number of hydrogen-bond donors (Lipinski definition) is 2. The zero-order valence-electron chi connectivity index (χ0n) is 23.1. The predicted molar refractivity (Wildman–Crippen MR) is 166 cm³/mol. The number of anilines is 2. The van der Waals surface area contributed by atoms with Crippen LogP contribution in [0.1, 0.15) is 35.5 Å². The molecule has 5 rings (SSSR count). The number of benzene rings is 3. The van der Waals surface area contributed by atoms with Gasteiger partial charge >= 0.3 is 0 Å². The lowest BCUT2D eigenvalue weighted by molar-refractivity contribution is -0.384. The van der Waals surface area contributed by atoms with Crippen LogP contribution in [-0.4, -0.2) is 63.5 Å². The van der Waals surface area contributed by atoms with E-state index in [4.69, 9.17) is 44.3 Å². The van der Waals surface area contributed by atoms with Crippen LogP contribution in [0.15, 0.2) is 72.8 Å². The van der Waals surface area contributed by atoms with Crippen molar-refractivity contribution in [3.63, 3.8) is 0 Å². The van der Waals surface area contributed by atoms with Crippen LogP contribution in [0.2, 0.25) is 0 Å². The van der Waals surface area contributed by atoms with E-state index in [0.717, 1.165) is 43.0 Å². The molecule has 0 spiro atoms. The molecule has 10 nitrogen and oxygen atoms in total. The summed E-state index contributed by atoms with van der Waals surface area (Å²) in [5, 5.41) is 23.1. The van der Waals surface area contributed by atoms with Gasteiger partial charge in [-0.05, 0) is 35.4 Å². The third-order valence-electron chi connectivity index (χ3n) is 7.55. The largest absolute Gasteiger partial charge is 0.392 e. The summed E-state index contributed by atoms with van der Waals surface area (Å²) in [5.41, 5.74) is 3.96. The van der Waals surface area contributed by atoms with Crippen molar-refractivity contribution in [1.29, 1.82) is 0 Å². The summed E-state index contributed by atoms with van der Waals surface area (Å²) in [4.78, 5) is 27.4. The molecule has 0 unspecified atom stereocenters. The molecule has 43 heavy (non-hydrogen) atoms. The Morgan fingerprint density at radius 2 is 1.67 bits per heavy atom. The van der Waals surface area contributed by atoms with Gasteiger partial charge < -0.3 is 24.8 Å². The van der Waals surface area contributed by atoms with Crippen LogP contribution in [0.3, 0.4) is 0 Å². The molecule has 3 aromatic rings. The fourth-order valence-corrected chi connectivity index (χ4v) is 5.40. The summed E-state index contributed by atoms with van der Waals surface area (Å²) in [6.45, 7) is 3.80. The van der Waals surface area contributed by atoms with Crippen molar-refractivity contribution in [3.05, 3.63) is 99.6 Å². The number of alkyl halides is 3. The first-order valence-corrected chi connectivity index (χ1v) is 14.9. The number of nitro benzene ring substituents is 1. The maximum absolute atomic E-state index is 12.2. The van der Waals surface area contributed by atoms with Crippen LogP contribution in [0.5, 0.6) is 0 Å². The van der Waals surface area contributed by atoms with Gasteiger partial charge in [0.2, 0.25) is 0 Å². The molecule has 0 bridgehead atoms. The molecule has 3 aromatic carbocycles. The monoisotopic (exact) mass is 648 g/mol. The smallest absolute Gasteiger partial charge is 0.276 e. The van der Waals surface area contributed by atoms with Gasteiger partial charge in [-0.1, -0.05) is 71.2 Å². The second kappa shape index (κ2) is 13.8. The van der Waals surface area contributed by atoms with Gasteiger partial charge in [0, 0.05) is 68.2 Å². The lowest BCUT2D eigenvalue weighted by Crippen LogP contribution is -2.49. The van der Waals surface area contributed by atoms with Crippen molar-refractivity contribution in [2.24, 2.45) is 0 Å². The quantitative estimate of drug-likeness (QED) is 0.180. The van der Waals surface area contributed by atoms with Crippen molar-refractivity contribution < 1.29 is 24.3 Å². The number of rotatable bonds is 8. The number of aliphatic hydroxyl groups excluding tert-OH is 1. The Kier molecular flexibility index (Phi) is 10.1. The first kappa shape index (κ1) is 31.5. The number of ether oxygens (including phenoxy) is 2. The Morgan fingerprint density at radius 3 is 2.30 bits per heavy atom. The normalized spacial score (nSPS) is 21.4. The fraction of sp³-hybridized carbons (Fsp3) is 0.367. The van der Waals surface area contributed by atoms with Crippen molar-refractivity contribution in [2.75, 3.05) is 42.9 Å². The van der Waals surface area contributed by atoms with Gasteiger partial charge in [0.15, 0.2) is 6.29 Å². The molecule has 3 atom stereocenters. The van der Waals surface area contributed by atoms with Crippen LogP contribution >= 0.6 is 34.8 Å². The van der Waals surface area contributed by atoms with Gasteiger partial charge in [-0.3, -0.25) is 19.8 Å². The Labute approximate surface area is 264 Å². The Morgan fingerprint density at radius 1 is 0.977 bits per heavy atom. The average Bonchev–Trinajstić information content (AvgIpc) is 3.01. The summed E-state index contributed by atoms with van der Waals surface area (Å²) >= 11 is 17.2. The topological polar surface area (TPSA) is 117 Å². The van der Waals surface area contributed by atoms with Crippen LogP contribution < -0.4 is 10.2 Å². The number of halogens is 3. The fourth-order valence-electron chi connectivity index (χ4n) is 5.26. The van der Waals surface area contributed by atoms with Crippen molar-refractivity contribution in [3.8, 4) is 0 Å². The van der Waals surface area contributed by atoms with Crippen LogP contribution in [0, 0.1) is 10.1 Å². The van der Waals surface area contributed by atoms with Crippen molar-refractivity contribution >= 4 is 57.8 Å². The first-order valence-electron chi connectivity index (χ1n) is 13.8. The lowest BCUT2D eigenvalue weighted by atomic mass is 9.99. The van der Waals surface area contributed by atoms with Gasteiger partial charge in [0.1, 0.15) is 0 Å². The molecule has 2 aliphatic heterocycles. The zero-order chi connectivity index (χ0) is 30.6. The van der Waals surface area contributed by atoms with Gasteiger partial charge in [0.25, 0.3) is 15.4 Å². The van der Waals surface area contributed by atoms with Crippen LogP contribution in [0.4, 0.5) is 17.1 Å². The average molecular weight is 650 g/mol. The highest BCUT2D eigenvalue weighted by Gasteiger charge is 2.35. The van der Waals surface area contributed by atoms with Crippen molar-refractivity contribution in [2.45, 2.75) is 35.3 Å². The van der Waals surface area contributed by atoms with E-state index in [9.17, 15) is 20.0 Å². The number of non-ortho nitro benzene ring substituents is 1. The zero-order valence-corrected chi connectivity index (χ0v) is 25.3. The van der Waals surface area contributed by atoms with E-state index < -0.39 is 20.9 Å². The Balaban J connectivity index is 1.28. The highest BCUT2D eigenvalue weighted by atomic mass is 35.6. The molecular formula is C30H31Cl3N4O6. The molecule has 1 amide bonds. The minimum atomic E-state index is -2.10. The number of nitrogens with one attached hydrogen (secondary N) is 1. The van der Waals surface area contributed by atoms with E-state index >= 15 is 0 Å². The third kappa shape index (κ3) is 8.16. The molecule has 2 aliphatic rings. The Hall–Kier alpha value is -2.96. The van der Waals surface area contributed by atoms with Gasteiger partial charge in [-0.15, -0.1) is 0 Å². The summed E-state index contributed by atoms with van der Waals surface area (Å²) < 4.78 is 10.8. The predicted octanol–water partition coefficient (Wildman–Crippen LogP) is 5.76. The molecule has 0 radical (unpaired) electrons. The van der Waals surface area contributed by atoms with E-state index in [-0.39, 0.29) is 24.5 Å². The van der Waals surface area contributed by atoms with E-state index in [2.05, 4.69) is 15.1 Å². The SMILES string of the molecule is O=C(Nc1cccc([C@@H]2O[C@H](CN3CCN(c4ccc([N+](=O)[O-])cc4)CC3)C[C@H](c3ccc(CO)cc3)O2)c1)C(Cl)(Cl)Cl. The molecule has 0 saturated carbocycles. The van der Waals surface area contributed by atoms with Gasteiger partial charge in [-0.2, -0.15) is 0 Å². The molecule has 2 saturated heterocycles. The third-order valence-corrected chi connectivity index (χ3v) is 8.06. The molecule has 2 fully saturated rings. The summed E-state index contributed by atoms with van der Waals surface area (Å²) in [6, 6.07) is 21.3. The second-order valence-corrected chi connectivity index (χ2v) is 12.8. The number of carbonyl (C=O) groups is 1.